The number of aromatic nitrogens is 1. The Kier molecular flexibility index (Phi) is 6.93. The number of oxazole rings is 1. The van der Waals surface area contributed by atoms with Gasteiger partial charge in [-0.1, -0.05) is 47.5 Å². The molecule has 4 aromatic rings. The van der Waals surface area contributed by atoms with Gasteiger partial charge < -0.3 is 14.5 Å². The molecule has 170 valence electrons. The van der Waals surface area contributed by atoms with Crippen LogP contribution in [0.15, 0.2) is 87.1 Å². The van der Waals surface area contributed by atoms with E-state index in [1.54, 1.807) is 31.4 Å². The lowest BCUT2D eigenvalue weighted by atomic mass is 10.1. The average Bonchev–Trinajstić information content (AvgIpc) is 3.25. The predicted molar refractivity (Wildman–Crippen MR) is 129 cm³/mol. The van der Waals surface area contributed by atoms with E-state index in [-0.39, 0.29) is 21.7 Å². The van der Waals surface area contributed by atoms with Crippen molar-refractivity contribution in [3.63, 3.8) is 0 Å². The van der Waals surface area contributed by atoms with Gasteiger partial charge in [-0.2, -0.15) is 4.98 Å². The van der Waals surface area contributed by atoms with Crippen LogP contribution in [0.1, 0.15) is 5.56 Å². The molecule has 0 spiro atoms. The van der Waals surface area contributed by atoms with E-state index < -0.39 is 9.84 Å². The van der Waals surface area contributed by atoms with Crippen LogP contribution in [0, 0.1) is 0 Å². The first-order valence-electron chi connectivity index (χ1n) is 10.0. The van der Waals surface area contributed by atoms with Gasteiger partial charge in [0, 0.05) is 11.6 Å². The van der Waals surface area contributed by atoms with Crippen molar-refractivity contribution in [2.45, 2.75) is 16.3 Å². The number of rotatable bonds is 8. The molecule has 0 radical (unpaired) electrons. The number of hydrogen-bond donors (Lipinski definition) is 1. The Morgan fingerprint density at radius 2 is 1.67 bits per heavy atom. The largest absolute Gasteiger partial charge is 0.497 e. The van der Waals surface area contributed by atoms with Gasteiger partial charge in [0.1, 0.15) is 5.75 Å². The van der Waals surface area contributed by atoms with E-state index in [1.807, 2.05) is 24.3 Å². The van der Waals surface area contributed by atoms with Crippen LogP contribution in [0.4, 0.5) is 5.88 Å². The monoisotopic (exact) mass is 502 g/mol. The summed E-state index contributed by atoms with van der Waals surface area (Å²) >= 11 is 12.2. The number of benzene rings is 3. The minimum Gasteiger partial charge on any atom is -0.497 e. The van der Waals surface area contributed by atoms with Crippen molar-refractivity contribution in [1.29, 1.82) is 0 Å². The number of anilines is 1. The topological polar surface area (TPSA) is 81.4 Å². The summed E-state index contributed by atoms with van der Waals surface area (Å²) in [6.45, 7) is 0.423. The molecule has 0 aliphatic carbocycles. The van der Waals surface area contributed by atoms with Gasteiger partial charge in [-0.3, -0.25) is 0 Å². The van der Waals surface area contributed by atoms with Crippen LogP contribution in [0.3, 0.4) is 0 Å². The lowest BCUT2D eigenvalue weighted by molar-refractivity contribution is 0.414. The molecule has 3 aromatic carbocycles. The Morgan fingerprint density at radius 1 is 0.970 bits per heavy atom. The van der Waals surface area contributed by atoms with E-state index in [9.17, 15) is 8.42 Å². The second-order valence-corrected chi connectivity index (χ2v) is 9.82. The minimum absolute atomic E-state index is 0.0494. The molecule has 0 aliphatic rings. The van der Waals surface area contributed by atoms with Crippen molar-refractivity contribution in [2.75, 3.05) is 19.0 Å². The molecule has 1 heterocycles. The second kappa shape index (κ2) is 9.87. The Bertz CT molecular complexity index is 1350. The first-order valence-corrected chi connectivity index (χ1v) is 12.3. The van der Waals surface area contributed by atoms with E-state index in [1.165, 1.54) is 24.3 Å². The maximum Gasteiger partial charge on any atom is 0.233 e. The molecule has 4 rings (SSSR count). The number of nitrogens with zero attached hydrogens (tertiary/aromatic N) is 1. The summed E-state index contributed by atoms with van der Waals surface area (Å²) in [5.74, 6) is 0.927. The molecule has 1 aromatic heterocycles. The molecule has 1 N–H and O–H groups in total. The Hall–Kier alpha value is -3.00. The zero-order valence-corrected chi connectivity index (χ0v) is 19.9. The summed E-state index contributed by atoms with van der Waals surface area (Å²) in [5.41, 5.74) is 1.55. The van der Waals surface area contributed by atoms with Crippen molar-refractivity contribution in [3.05, 3.63) is 88.4 Å². The highest BCUT2D eigenvalue weighted by molar-refractivity contribution is 7.91. The fourth-order valence-corrected chi connectivity index (χ4v) is 4.81. The molecular formula is C24H20Cl2N2O4S. The fraction of sp³-hybridized carbons (Fsp3) is 0.125. The smallest absolute Gasteiger partial charge is 0.233 e. The van der Waals surface area contributed by atoms with Crippen LogP contribution in [-0.2, 0) is 16.3 Å². The van der Waals surface area contributed by atoms with Crippen molar-refractivity contribution in [1.82, 2.24) is 4.98 Å². The maximum atomic E-state index is 13.3. The van der Waals surface area contributed by atoms with E-state index in [2.05, 4.69) is 10.3 Å². The Morgan fingerprint density at radius 3 is 2.33 bits per heavy atom. The van der Waals surface area contributed by atoms with Crippen LogP contribution in [0.5, 0.6) is 5.75 Å². The molecule has 0 saturated carbocycles. The number of hydrogen-bond acceptors (Lipinski definition) is 6. The molecule has 0 atom stereocenters. The number of methoxy groups -OCH3 is 1. The molecule has 0 saturated heterocycles. The third-order valence-electron chi connectivity index (χ3n) is 4.94. The molecule has 0 unspecified atom stereocenters. The summed E-state index contributed by atoms with van der Waals surface area (Å²) in [6, 6.07) is 20.5. The summed E-state index contributed by atoms with van der Waals surface area (Å²) in [5, 5.41) is 3.70. The SMILES string of the molecule is COc1ccc(CCNc2oc(-c3ccccc3Cl)nc2S(=O)(=O)c2ccc(Cl)cc2)cc1. The standard InChI is InChI=1S/C24H20Cl2N2O4S/c1-31-18-10-6-16(7-11-18)14-15-27-23-24(33(29,30)19-12-8-17(25)9-13-19)28-22(32-23)20-4-2-3-5-21(20)26/h2-13,27H,14-15H2,1H3. The van der Waals surface area contributed by atoms with Gasteiger partial charge >= 0.3 is 0 Å². The first-order chi connectivity index (χ1) is 15.9. The molecule has 6 nitrogen and oxygen atoms in total. The second-order valence-electron chi connectivity index (χ2n) is 7.12. The molecule has 0 fully saturated rings. The normalized spacial score (nSPS) is 11.4. The van der Waals surface area contributed by atoms with E-state index in [0.717, 1.165) is 11.3 Å². The summed E-state index contributed by atoms with van der Waals surface area (Å²) < 4.78 is 37.7. The molecular weight excluding hydrogens is 483 g/mol. The van der Waals surface area contributed by atoms with Crippen molar-refractivity contribution < 1.29 is 17.6 Å². The molecule has 9 heteroatoms. The van der Waals surface area contributed by atoms with Gasteiger partial charge in [0.05, 0.1) is 22.6 Å². The predicted octanol–water partition coefficient (Wildman–Crippen LogP) is 6.14. The number of sulfone groups is 1. The molecule has 0 amide bonds. The summed E-state index contributed by atoms with van der Waals surface area (Å²) in [7, 11) is -2.37. The minimum atomic E-state index is -3.98. The van der Waals surface area contributed by atoms with Crippen molar-refractivity contribution in [2.24, 2.45) is 0 Å². The maximum absolute atomic E-state index is 13.3. The molecule has 33 heavy (non-hydrogen) atoms. The van der Waals surface area contributed by atoms with Gasteiger partial charge in [0.2, 0.25) is 26.6 Å². The molecule has 0 bridgehead atoms. The highest BCUT2D eigenvalue weighted by atomic mass is 35.5. The van der Waals surface area contributed by atoms with Gasteiger partial charge in [0.15, 0.2) is 0 Å². The third-order valence-corrected chi connectivity index (χ3v) is 7.20. The van der Waals surface area contributed by atoms with Crippen LogP contribution < -0.4 is 10.1 Å². The van der Waals surface area contributed by atoms with Crippen molar-refractivity contribution >= 4 is 38.9 Å². The Labute approximate surface area is 202 Å². The highest BCUT2D eigenvalue weighted by Crippen LogP contribution is 2.35. The van der Waals surface area contributed by atoms with E-state index in [4.69, 9.17) is 32.4 Å². The lowest BCUT2D eigenvalue weighted by Crippen LogP contribution is -2.09. The first kappa shape index (κ1) is 23.2. The Balaban J connectivity index is 1.66. The van der Waals surface area contributed by atoms with Crippen LogP contribution in [0.2, 0.25) is 10.0 Å². The quantitative estimate of drug-likeness (QED) is 0.311. The van der Waals surface area contributed by atoms with Gasteiger partial charge in [-0.15, -0.1) is 0 Å². The zero-order chi connectivity index (χ0) is 23.4. The summed E-state index contributed by atoms with van der Waals surface area (Å²) in [4.78, 5) is 4.37. The summed E-state index contributed by atoms with van der Waals surface area (Å²) in [6.07, 6.45) is 0.632. The van der Waals surface area contributed by atoms with E-state index >= 15 is 0 Å². The van der Waals surface area contributed by atoms with Crippen LogP contribution >= 0.6 is 23.2 Å². The number of nitrogens with one attached hydrogen (secondary N) is 1. The van der Waals surface area contributed by atoms with Crippen LogP contribution in [-0.4, -0.2) is 27.1 Å². The van der Waals surface area contributed by atoms with Gasteiger partial charge in [0.25, 0.3) is 0 Å². The number of halogens is 2. The van der Waals surface area contributed by atoms with Gasteiger partial charge in [-0.25, -0.2) is 8.42 Å². The zero-order valence-electron chi connectivity index (χ0n) is 17.6. The van der Waals surface area contributed by atoms with Crippen molar-refractivity contribution in [3.8, 4) is 17.2 Å². The number of ether oxygens (including phenoxy) is 1. The highest BCUT2D eigenvalue weighted by Gasteiger charge is 2.29. The molecule has 0 aliphatic heterocycles. The van der Waals surface area contributed by atoms with E-state index in [0.29, 0.717) is 28.6 Å². The van der Waals surface area contributed by atoms with Crippen LogP contribution in [0.25, 0.3) is 11.5 Å². The average molecular weight is 503 g/mol. The fourth-order valence-electron chi connectivity index (χ4n) is 3.19. The third kappa shape index (κ3) is 5.16. The lowest BCUT2D eigenvalue weighted by Gasteiger charge is -2.07. The van der Waals surface area contributed by atoms with Gasteiger partial charge in [-0.05, 0) is 60.5 Å².